The highest BCUT2D eigenvalue weighted by atomic mass is 16.5. The fourth-order valence-corrected chi connectivity index (χ4v) is 5.71. The molecule has 2 aromatic carbocycles. The smallest absolute Gasteiger partial charge is 0.309 e. The first-order valence-corrected chi connectivity index (χ1v) is 15.3. The van der Waals surface area contributed by atoms with E-state index in [1.807, 2.05) is 55.5 Å². The summed E-state index contributed by atoms with van der Waals surface area (Å²) in [7, 11) is 0. The summed E-state index contributed by atoms with van der Waals surface area (Å²) < 4.78 is 6.87. The summed E-state index contributed by atoms with van der Waals surface area (Å²) in [5.41, 5.74) is 4.64. The molecule has 1 fully saturated rings. The highest BCUT2D eigenvalue weighted by molar-refractivity contribution is 5.81. The van der Waals surface area contributed by atoms with Gasteiger partial charge in [-0.25, -0.2) is 4.98 Å². The summed E-state index contributed by atoms with van der Waals surface area (Å²) >= 11 is 0. The number of H-pyrrole nitrogens is 1. The molecule has 0 radical (unpaired) electrons. The number of rotatable bonds is 11. The molecule has 0 bridgehead atoms. The Balaban J connectivity index is 1.36. The number of nitrogens with zero attached hydrogens (tertiary/aromatic N) is 6. The number of esters is 1. The van der Waals surface area contributed by atoms with Crippen LogP contribution in [0.3, 0.4) is 0 Å². The van der Waals surface area contributed by atoms with Crippen molar-refractivity contribution in [3.05, 3.63) is 81.5 Å². The van der Waals surface area contributed by atoms with Gasteiger partial charge in [0, 0.05) is 36.3 Å². The monoisotopic (exact) mass is 597 g/mol. The number of aromatic amines is 1. The molecule has 11 heteroatoms. The Morgan fingerprint density at radius 1 is 1.02 bits per heavy atom. The quantitative estimate of drug-likeness (QED) is 0.255. The number of likely N-dealkylation sites (tertiary alicyclic amines) is 1. The van der Waals surface area contributed by atoms with E-state index in [0.717, 1.165) is 40.9 Å². The van der Waals surface area contributed by atoms with Crippen LogP contribution in [0.5, 0.6) is 0 Å². The van der Waals surface area contributed by atoms with E-state index in [1.54, 1.807) is 16.4 Å². The van der Waals surface area contributed by atoms with Crippen molar-refractivity contribution in [2.24, 2.45) is 5.92 Å². The van der Waals surface area contributed by atoms with Crippen LogP contribution in [0.1, 0.15) is 62.2 Å². The third-order valence-electron chi connectivity index (χ3n) is 8.22. The molecule has 0 aliphatic carbocycles. The number of tetrazole rings is 1. The second-order valence-electron chi connectivity index (χ2n) is 11.1. The van der Waals surface area contributed by atoms with Crippen LogP contribution in [0.25, 0.3) is 22.5 Å². The molecule has 1 aliphatic heterocycles. The van der Waals surface area contributed by atoms with Crippen molar-refractivity contribution in [2.45, 2.75) is 65.8 Å². The van der Waals surface area contributed by atoms with Gasteiger partial charge in [-0.3, -0.25) is 19.0 Å². The SMILES string of the molecule is CCCCc1nc(C)c(CC(=O)N2CCC(C(=O)OCC)CC2)c(=O)n1Cc1ccc(-c2ccccc2-c2nn[nH]n2)cc1. The summed E-state index contributed by atoms with van der Waals surface area (Å²) in [6.45, 7) is 7.36. The summed E-state index contributed by atoms with van der Waals surface area (Å²) in [4.78, 5) is 45.9. The van der Waals surface area contributed by atoms with Gasteiger partial charge in [-0.15, -0.1) is 10.2 Å². The molecular formula is C33H39N7O4. The topological polar surface area (TPSA) is 136 Å². The lowest BCUT2D eigenvalue weighted by atomic mass is 9.96. The average Bonchev–Trinajstić information content (AvgIpc) is 3.59. The summed E-state index contributed by atoms with van der Waals surface area (Å²) in [6.07, 6.45) is 3.69. The summed E-state index contributed by atoms with van der Waals surface area (Å²) in [5, 5.41) is 14.5. The van der Waals surface area contributed by atoms with E-state index < -0.39 is 0 Å². The second-order valence-corrected chi connectivity index (χ2v) is 11.1. The van der Waals surface area contributed by atoms with Crippen molar-refractivity contribution < 1.29 is 14.3 Å². The molecule has 0 saturated carbocycles. The van der Waals surface area contributed by atoms with Crippen LogP contribution in [-0.4, -0.2) is 66.6 Å². The summed E-state index contributed by atoms with van der Waals surface area (Å²) in [6, 6.07) is 15.9. The predicted octanol–water partition coefficient (Wildman–Crippen LogP) is 4.13. The molecule has 0 spiro atoms. The minimum absolute atomic E-state index is 0.0123. The molecule has 11 nitrogen and oxygen atoms in total. The van der Waals surface area contributed by atoms with E-state index in [0.29, 0.717) is 62.6 Å². The van der Waals surface area contributed by atoms with Gasteiger partial charge in [0.25, 0.3) is 5.56 Å². The van der Waals surface area contributed by atoms with Crippen LogP contribution >= 0.6 is 0 Å². The Kier molecular flexibility index (Phi) is 9.93. The number of amides is 1. The van der Waals surface area contributed by atoms with E-state index in [9.17, 15) is 14.4 Å². The Morgan fingerprint density at radius 3 is 2.41 bits per heavy atom. The molecule has 2 aromatic heterocycles. The number of carbonyl (C=O) groups excluding carboxylic acids is 2. The number of benzene rings is 2. The zero-order valence-corrected chi connectivity index (χ0v) is 25.6. The van der Waals surface area contributed by atoms with Gasteiger partial charge in [-0.05, 0) is 55.0 Å². The Labute approximate surface area is 256 Å². The fraction of sp³-hybridized carbons (Fsp3) is 0.424. The first-order chi connectivity index (χ1) is 21.4. The lowest BCUT2D eigenvalue weighted by molar-refractivity contribution is -0.151. The van der Waals surface area contributed by atoms with Gasteiger partial charge >= 0.3 is 5.97 Å². The van der Waals surface area contributed by atoms with Crippen LogP contribution in [0.2, 0.25) is 0 Å². The number of hydrogen-bond acceptors (Lipinski definition) is 8. The number of piperidine rings is 1. The zero-order valence-electron chi connectivity index (χ0n) is 25.6. The van der Waals surface area contributed by atoms with E-state index in [1.165, 1.54) is 0 Å². The second kappa shape index (κ2) is 14.2. The number of hydrogen-bond donors (Lipinski definition) is 1. The average molecular weight is 598 g/mol. The minimum atomic E-state index is -0.200. The van der Waals surface area contributed by atoms with Crippen LogP contribution < -0.4 is 5.56 Å². The lowest BCUT2D eigenvalue weighted by Crippen LogP contribution is -2.42. The van der Waals surface area contributed by atoms with Crippen molar-refractivity contribution in [3.63, 3.8) is 0 Å². The van der Waals surface area contributed by atoms with Gasteiger partial charge in [0.15, 0.2) is 0 Å². The van der Waals surface area contributed by atoms with Gasteiger partial charge in [-0.1, -0.05) is 61.9 Å². The Morgan fingerprint density at radius 2 is 1.75 bits per heavy atom. The van der Waals surface area contributed by atoms with Crippen molar-refractivity contribution >= 4 is 11.9 Å². The maximum absolute atomic E-state index is 13.9. The fourth-order valence-electron chi connectivity index (χ4n) is 5.71. The lowest BCUT2D eigenvalue weighted by Gasteiger charge is -2.31. The molecule has 230 valence electrons. The van der Waals surface area contributed by atoms with Crippen molar-refractivity contribution in [1.82, 2.24) is 35.1 Å². The standard InChI is InChI=1S/C33H39N7O4/c1-4-6-11-29-34-22(3)28(20-30(41)39-18-16-25(17-19-39)33(43)44-5-2)32(42)40(29)21-23-12-14-24(15-13-23)26-9-7-8-10-27(26)31-35-37-38-36-31/h7-10,12-15,25H,4-6,11,16-21H2,1-3H3,(H,35,36,37,38). The number of aryl methyl sites for hydroxylation is 2. The predicted molar refractivity (Wildman–Crippen MR) is 166 cm³/mol. The number of unbranched alkanes of at least 4 members (excludes halogenated alkanes) is 1. The molecule has 0 unspecified atom stereocenters. The highest BCUT2D eigenvalue weighted by Crippen LogP contribution is 2.30. The Bertz CT molecular complexity index is 1640. The largest absolute Gasteiger partial charge is 0.466 e. The molecular weight excluding hydrogens is 558 g/mol. The molecule has 1 aliphatic rings. The maximum atomic E-state index is 13.9. The molecule has 44 heavy (non-hydrogen) atoms. The first kappa shape index (κ1) is 30.8. The Hall–Kier alpha value is -4.67. The van der Waals surface area contributed by atoms with E-state index in [-0.39, 0.29) is 29.8 Å². The number of ether oxygens (including phenoxy) is 1. The maximum Gasteiger partial charge on any atom is 0.309 e. The molecule has 0 atom stereocenters. The third kappa shape index (κ3) is 6.93. The van der Waals surface area contributed by atoms with Gasteiger partial charge < -0.3 is 9.64 Å². The van der Waals surface area contributed by atoms with Crippen molar-refractivity contribution in [1.29, 1.82) is 0 Å². The van der Waals surface area contributed by atoms with Gasteiger partial charge in [-0.2, -0.15) is 5.21 Å². The van der Waals surface area contributed by atoms with Crippen LogP contribution in [-0.2, 0) is 33.7 Å². The highest BCUT2D eigenvalue weighted by Gasteiger charge is 2.29. The summed E-state index contributed by atoms with van der Waals surface area (Å²) in [5.74, 6) is 0.748. The van der Waals surface area contributed by atoms with Crippen molar-refractivity contribution in [3.8, 4) is 22.5 Å². The molecule has 4 aromatic rings. The van der Waals surface area contributed by atoms with Crippen LogP contribution in [0.4, 0.5) is 0 Å². The zero-order chi connectivity index (χ0) is 31.1. The van der Waals surface area contributed by atoms with E-state index in [2.05, 4.69) is 27.5 Å². The molecule has 1 N–H and O–H groups in total. The van der Waals surface area contributed by atoms with Gasteiger partial charge in [0.2, 0.25) is 11.7 Å². The number of carbonyl (C=O) groups is 2. The van der Waals surface area contributed by atoms with Crippen LogP contribution in [0, 0.1) is 12.8 Å². The molecule has 1 saturated heterocycles. The molecule has 5 rings (SSSR count). The van der Waals surface area contributed by atoms with Crippen molar-refractivity contribution in [2.75, 3.05) is 19.7 Å². The van der Waals surface area contributed by atoms with Gasteiger partial charge in [0.05, 0.1) is 25.5 Å². The van der Waals surface area contributed by atoms with Crippen LogP contribution in [0.15, 0.2) is 53.3 Å². The normalized spacial score (nSPS) is 13.7. The minimum Gasteiger partial charge on any atom is -0.466 e. The third-order valence-corrected chi connectivity index (χ3v) is 8.22. The molecule has 1 amide bonds. The first-order valence-electron chi connectivity index (χ1n) is 15.3. The molecule has 3 heterocycles. The number of nitrogens with one attached hydrogen (secondary N) is 1. The van der Waals surface area contributed by atoms with E-state index in [4.69, 9.17) is 9.72 Å². The number of aromatic nitrogens is 6. The van der Waals surface area contributed by atoms with Gasteiger partial charge in [0.1, 0.15) is 5.82 Å². The van der Waals surface area contributed by atoms with E-state index >= 15 is 0 Å².